The van der Waals surface area contributed by atoms with Crippen molar-refractivity contribution in [3.8, 4) is 0 Å². The van der Waals surface area contributed by atoms with E-state index in [0.29, 0.717) is 26.1 Å². The number of ether oxygens (including phenoxy) is 2. The van der Waals surface area contributed by atoms with E-state index in [2.05, 4.69) is 0 Å². The van der Waals surface area contributed by atoms with E-state index in [0.717, 1.165) is 57.8 Å². The van der Waals surface area contributed by atoms with E-state index in [1.165, 1.54) is 0 Å². The van der Waals surface area contributed by atoms with Crippen LogP contribution in [0.25, 0.3) is 0 Å². The van der Waals surface area contributed by atoms with Gasteiger partial charge in [0.15, 0.2) is 5.66 Å². The molecule has 1 fully saturated rings. The highest BCUT2D eigenvalue weighted by atomic mass is 16.5. The zero-order chi connectivity index (χ0) is 16.3. The van der Waals surface area contributed by atoms with E-state index in [-0.39, 0.29) is 5.97 Å². The molecule has 0 bridgehead atoms. The lowest BCUT2D eigenvalue weighted by Gasteiger charge is -2.22. The first-order chi connectivity index (χ1) is 10.5. The van der Waals surface area contributed by atoms with Gasteiger partial charge in [-0.1, -0.05) is 19.3 Å². The van der Waals surface area contributed by atoms with Gasteiger partial charge in [-0.3, -0.25) is 4.79 Å². The molecule has 0 saturated carbocycles. The molecule has 0 aliphatic carbocycles. The van der Waals surface area contributed by atoms with Crippen LogP contribution in [-0.2, 0) is 19.1 Å². The third kappa shape index (κ3) is 8.34. The fourth-order valence-corrected chi connectivity index (χ4v) is 2.43. The molecule has 6 nitrogen and oxygen atoms in total. The van der Waals surface area contributed by atoms with Crippen molar-refractivity contribution < 1.29 is 19.1 Å². The minimum Gasteiger partial charge on any atom is -0.466 e. The lowest BCUT2D eigenvalue weighted by atomic mass is 10.0. The van der Waals surface area contributed by atoms with Crippen molar-refractivity contribution in [2.45, 2.75) is 76.3 Å². The van der Waals surface area contributed by atoms with Gasteiger partial charge in [-0.25, -0.2) is 4.79 Å². The van der Waals surface area contributed by atoms with Crippen molar-refractivity contribution in [2.75, 3.05) is 13.2 Å². The molecule has 4 N–H and O–H groups in total. The van der Waals surface area contributed by atoms with Gasteiger partial charge >= 0.3 is 11.9 Å². The fraction of sp³-hybridized carbons (Fsp3) is 0.875. The van der Waals surface area contributed by atoms with Gasteiger partial charge in [-0.2, -0.15) is 0 Å². The molecule has 22 heavy (non-hydrogen) atoms. The Morgan fingerprint density at radius 2 is 1.27 bits per heavy atom. The van der Waals surface area contributed by atoms with Crippen molar-refractivity contribution in [2.24, 2.45) is 11.5 Å². The Balaban J connectivity index is 2.37. The zero-order valence-corrected chi connectivity index (χ0v) is 13.5. The molecule has 0 radical (unpaired) electrons. The summed E-state index contributed by atoms with van der Waals surface area (Å²) in [5.41, 5.74) is 10.3. The van der Waals surface area contributed by atoms with Gasteiger partial charge in [0.05, 0.1) is 13.2 Å². The van der Waals surface area contributed by atoms with Gasteiger partial charge in [0, 0.05) is 6.42 Å². The molecular weight excluding hydrogens is 284 g/mol. The third-order valence-corrected chi connectivity index (χ3v) is 3.89. The van der Waals surface area contributed by atoms with Crippen LogP contribution in [-0.4, -0.2) is 30.8 Å². The van der Waals surface area contributed by atoms with Crippen molar-refractivity contribution >= 4 is 11.9 Å². The number of cyclic esters (lactones) is 2. The van der Waals surface area contributed by atoms with Crippen LogP contribution < -0.4 is 11.5 Å². The highest BCUT2D eigenvalue weighted by Crippen LogP contribution is 2.13. The average molecular weight is 314 g/mol. The fourth-order valence-electron chi connectivity index (χ4n) is 2.43. The number of esters is 2. The van der Waals surface area contributed by atoms with Crippen LogP contribution in [0.3, 0.4) is 0 Å². The highest BCUT2D eigenvalue weighted by molar-refractivity contribution is 5.79. The van der Waals surface area contributed by atoms with Crippen LogP contribution in [0.5, 0.6) is 0 Å². The number of carbonyl (C=O) groups excluding carboxylic acids is 2. The first-order valence-electron chi connectivity index (χ1n) is 8.43. The predicted molar refractivity (Wildman–Crippen MR) is 83.8 cm³/mol. The number of carbonyl (C=O) groups is 2. The second-order valence-electron chi connectivity index (χ2n) is 6.08. The molecule has 0 unspecified atom stereocenters. The molecular formula is C16H30N2O4. The smallest absolute Gasteiger partial charge is 0.340 e. The van der Waals surface area contributed by atoms with Crippen LogP contribution in [0, 0.1) is 0 Å². The maximum Gasteiger partial charge on any atom is 0.340 e. The van der Waals surface area contributed by atoms with Crippen LogP contribution in [0.1, 0.15) is 70.6 Å². The third-order valence-electron chi connectivity index (χ3n) is 3.89. The Hall–Kier alpha value is -1.14. The van der Waals surface area contributed by atoms with Crippen molar-refractivity contribution in [1.82, 2.24) is 0 Å². The van der Waals surface area contributed by atoms with Crippen molar-refractivity contribution in [3.05, 3.63) is 0 Å². The first-order valence-corrected chi connectivity index (χ1v) is 8.43. The molecule has 0 atom stereocenters. The maximum atomic E-state index is 11.8. The topological polar surface area (TPSA) is 105 Å². The minimum absolute atomic E-state index is 0.0991. The molecule has 1 heterocycles. The number of rotatable bonds is 0. The SMILES string of the molecule is NC1(N)CCCCCCCC(=O)OCCCCCCOC1=O. The summed E-state index contributed by atoms with van der Waals surface area (Å²) in [6.07, 6.45) is 8.95. The second-order valence-corrected chi connectivity index (χ2v) is 6.08. The second kappa shape index (κ2) is 10.6. The summed E-state index contributed by atoms with van der Waals surface area (Å²) in [7, 11) is 0. The Morgan fingerprint density at radius 3 is 2.00 bits per heavy atom. The monoisotopic (exact) mass is 314 g/mol. The van der Waals surface area contributed by atoms with Crippen LogP contribution in [0.2, 0.25) is 0 Å². The van der Waals surface area contributed by atoms with Crippen LogP contribution >= 0.6 is 0 Å². The molecule has 6 heteroatoms. The lowest BCUT2D eigenvalue weighted by molar-refractivity contribution is -0.150. The van der Waals surface area contributed by atoms with Gasteiger partial charge < -0.3 is 20.9 Å². The summed E-state index contributed by atoms with van der Waals surface area (Å²) >= 11 is 0. The number of nitrogens with two attached hydrogens (primary N) is 2. The molecule has 128 valence electrons. The van der Waals surface area contributed by atoms with E-state index in [4.69, 9.17) is 20.9 Å². The molecule has 1 saturated heterocycles. The summed E-state index contributed by atoms with van der Waals surface area (Å²) < 4.78 is 10.3. The largest absolute Gasteiger partial charge is 0.466 e. The van der Waals surface area contributed by atoms with E-state index >= 15 is 0 Å². The lowest BCUT2D eigenvalue weighted by Crippen LogP contribution is -2.57. The van der Waals surface area contributed by atoms with Gasteiger partial charge in [0.25, 0.3) is 0 Å². The molecule has 1 rings (SSSR count). The van der Waals surface area contributed by atoms with E-state index in [1.54, 1.807) is 0 Å². The van der Waals surface area contributed by atoms with Crippen LogP contribution in [0.4, 0.5) is 0 Å². The Bertz CT molecular complexity index is 345. The van der Waals surface area contributed by atoms with Gasteiger partial charge in [0.2, 0.25) is 0 Å². The van der Waals surface area contributed by atoms with E-state index < -0.39 is 11.6 Å². The normalized spacial score (nSPS) is 23.7. The minimum atomic E-state index is -1.38. The molecule has 1 aliphatic rings. The van der Waals surface area contributed by atoms with E-state index in [9.17, 15) is 9.59 Å². The standard InChI is InChI=1S/C16H30N2O4/c17-16(18)11-7-3-1-2-6-10-14(19)21-12-8-4-5-9-13-22-15(16)20/h1-13,17-18H2. The molecule has 0 aromatic heterocycles. The summed E-state index contributed by atoms with van der Waals surface area (Å²) in [5.74, 6) is -0.611. The molecule has 0 spiro atoms. The van der Waals surface area contributed by atoms with Gasteiger partial charge in [-0.05, 0) is 44.9 Å². The molecule has 1 aliphatic heterocycles. The molecule has 0 aromatic carbocycles. The highest BCUT2D eigenvalue weighted by Gasteiger charge is 2.30. The maximum absolute atomic E-state index is 11.8. The van der Waals surface area contributed by atoms with Gasteiger partial charge in [-0.15, -0.1) is 0 Å². The summed E-state index contributed by atoms with van der Waals surface area (Å²) in [6.45, 7) is 0.822. The van der Waals surface area contributed by atoms with Gasteiger partial charge in [0.1, 0.15) is 0 Å². The van der Waals surface area contributed by atoms with Crippen molar-refractivity contribution in [3.63, 3.8) is 0 Å². The molecule has 0 amide bonds. The average Bonchev–Trinajstić information content (AvgIpc) is 2.47. The molecule has 0 aromatic rings. The predicted octanol–water partition coefficient (Wildman–Crippen LogP) is 1.99. The Kier molecular flexibility index (Phi) is 9.08. The Morgan fingerprint density at radius 1 is 0.727 bits per heavy atom. The summed E-state index contributed by atoms with van der Waals surface area (Å²) in [6, 6.07) is 0. The number of hydrogen-bond acceptors (Lipinski definition) is 6. The number of hydrogen-bond donors (Lipinski definition) is 2. The van der Waals surface area contributed by atoms with Crippen LogP contribution in [0.15, 0.2) is 0 Å². The summed E-state index contributed by atoms with van der Waals surface area (Å²) in [4.78, 5) is 23.3. The first kappa shape index (κ1) is 18.9. The van der Waals surface area contributed by atoms with Crippen molar-refractivity contribution in [1.29, 1.82) is 0 Å². The zero-order valence-electron chi connectivity index (χ0n) is 13.5. The Labute approximate surface area is 132 Å². The quantitative estimate of drug-likeness (QED) is 0.523. The van der Waals surface area contributed by atoms with E-state index in [1.807, 2.05) is 0 Å². The summed E-state index contributed by atoms with van der Waals surface area (Å²) in [5, 5.41) is 0.